The number of amidine groups is 1. The van der Waals surface area contributed by atoms with Gasteiger partial charge in [-0.05, 0) is 44.1 Å². The normalized spacial score (nSPS) is 12.9. The van der Waals surface area contributed by atoms with Crippen LogP contribution in [0.25, 0.3) is 0 Å². The smallest absolute Gasteiger partial charge is 0.180 e. The standard InChI is InChI=1S/C14H19N5OS2.HI/c1-9-5-11(7-16-18-10(2)21-3)13(20)12(6-9)8-17-19-14(15)22-4;/h5-8,20H,1-4H3,(H2,15,19);1H/b16-7+,17-8+,18-10+;. The molecule has 3 N–H and O–H groups in total. The molecule has 0 fully saturated rings. The summed E-state index contributed by atoms with van der Waals surface area (Å²) in [6, 6.07) is 3.62. The van der Waals surface area contributed by atoms with E-state index in [4.69, 9.17) is 5.73 Å². The summed E-state index contributed by atoms with van der Waals surface area (Å²) in [5.74, 6) is 0.0769. The highest BCUT2D eigenvalue weighted by Crippen LogP contribution is 2.22. The highest BCUT2D eigenvalue weighted by atomic mass is 127. The molecule has 0 aliphatic rings. The molecular formula is C14H20IN5OS2. The lowest BCUT2D eigenvalue weighted by atomic mass is 10.1. The highest BCUT2D eigenvalue weighted by Gasteiger charge is 2.05. The van der Waals surface area contributed by atoms with Crippen LogP contribution in [0.2, 0.25) is 0 Å². The number of thioether (sulfide) groups is 2. The van der Waals surface area contributed by atoms with Gasteiger partial charge in [0.2, 0.25) is 0 Å². The molecule has 0 atom stereocenters. The van der Waals surface area contributed by atoms with Crippen LogP contribution >= 0.6 is 47.5 Å². The summed E-state index contributed by atoms with van der Waals surface area (Å²) < 4.78 is 0. The minimum absolute atomic E-state index is 0. The van der Waals surface area contributed by atoms with Crippen molar-refractivity contribution in [3.05, 3.63) is 28.8 Å². The van der Waals surface area contributed by atoms with E-state index in [2.05, 4.69) is 20.4 Å². The van der Waals surface area contributed by atoms with Crippen LogP contribution in [-0.4, -0.2) is 40.3 Å². The molecule has 0 radical (unpaired) electrons. The molecule has 0 aliphatic heterocycles. The first-order chi connectivity index (χ1) is 10.5. The fraction of sp³-hybridized carbons (Fsp3) is 0.286. The molecule has 6 nitrogen and oxygen atoms in total. The van der Waals surface area contributed by atoms with E-state index in [1.54, 1.807) is 6.07 Å². The predicted molar refractivity (Wildman–Crippen MR) is 115 cm³/mol. The molecule has 0 aliphatic carbocycles. The summed E-state index contributed by atoms with van der Waals surface area (Å²) in [4.78, 5) is 0. The second-order valence-electron chi connectivity index (χ2n) is 4.25. The first-order valence-electron chi connectivity index (χ1n) is 6.33. The number of hydrogen-bond donors (Lipinski definition) is 2. The third kappa shape index (κ3) is 7.84. The molecule has 23 heavy (non-hydrogen) atoms. The summed E-state index contributed by atoms with van der Waals surface area (Å²) >= 11 is 2.81. The molecule has 9 heteroatoms. The Balaban J connectivity index is 0.00000484. The van der Waals surface area contributed by atoms with E-state index in [1.165, 1.54) is 36.0 Å². The second kappa shape index (κ2) is 11.5. The van der Waals surface area contributed by atoms with Crippen molar-refractivity contribution in [2.24, 2.45) is 26.1 Å². The minimum atomic E-state index is 0. The first kappa shape index (κ1) is 21.9. The summed E-state index contributed by atoms with van der Waals surface area (Å²) in [7, 11) is 0. The average molecular weight is 465 g/mol. The van der Waals surface area contributed by atoms with E-state index in [9.17, 15) is 5.11 Å². The number of rotatable bonds is 4. The Labute approximate surface area is 161 Å². The lowest BCUT2D eigenvalue weighted by Crippen LogP contribution is -2.04. The quantitative estimate of drug-likeness (QED) is 0.308. The molecule has 0 saturated heterocycles. The Bertz CT molecular complexity index is 593. The molecule has 1 aromatic rings. The molecule has 126 valence electrons. The van der Waals surface area contributed by atoms with Gasteiger partial charge in [-0.1, -0.05) is 11.8 Å². The number of nitrogens with zero attached hydrogens (tertiary/aromatic N) is 4. The summed E-state index contributed by atoms with van der Waals surface area (Å²) in [5.41, 5.74) is 7.62. The molecule has 0 aromatic heterocycles. The van der Waals surface area contributed by atoms with Crippen LogP contribution in [0.3, 0.4) is 0 Å². The zero-order chi connectivity index (χ0) is 16.5. The van der Waals surface area contributed by atoms with Crippen molar-refractivity contribution in [1.29, 1.82) is 0 Å². The van der Waals surface area contributed by atoms with Gasteiger partial charge < -0.3 is 10.8 Å². The molecule has 0 amide bonds. The van der Waals surface area contributed by atoms with E-state index < -0.39 is 0 Å². The van der Waals surface area contributed by atoms with Crippen molar-refractivity contribution in [3.8, 4) is 5.75 Å². The Hall–Kier alpha value is -1.07. The van der Waals surface area contributed by atoms with Crippen LogP contribution in [0.4, 0.5) is 0 Å². The summed E-state index contributed by atoms with van der Waals surface area (Å²) in [6.45, 7) is 3.79. The second-order valence-corrected chi connectivity index (χ2v) is 6.07. The Morgan fingerprint density at radius 3 is 2.09 bits per heavy atom. The molecule has 0 saturated carbocycles. The van der Waals surface area contributed by atoms with Crippen molar-refractivity contribution >= 4 is 70.1 Å². The number of nitrogens with two attached hydrogens (primary N) is 1. The fourth-order valence-corrected chi connectivity index (χ4v) is 1.69. The first-order valence-corrected chi connectivity index (χ1v) is 8.78. The fourth-order valence-electron chi connectivity index (χ4n) is 1.43. The Morgan fingerprint density at radius 2 is 1.61 bits per heavy atom. The third-order valence-corrected chi connectivity index (χ3v) is 3.74. The summed E-state index contributed by atoms with van der Waals surface area (Å²) in [6.07, 6.45) is 6.70. The van der Waals surface area contributed by atoms with Crippen molar-refractivity contribution in [3.63, 3.8) is 0 Å². The number of phenolic OH excluding ortho intramolecular Hbond substituents is 1. The molecule has 1 aromatic carbocycles. The lowest BCUT2D eigenvalue weighted by molar-refractivity contribution is 0.473. The Morgan fingerprint density at radius 1 is 1.09 bits per heavy atom. The van der Waals surface area contributed by atoms with Crippen molar-refractivity contribution < 1.29 is 5.11 Å². The van der Waals surface area contributed by atoms with Crippen LogP contribution in [0, 0.1) is 6.92 Å². The number of hydrogen-bond acceptors (Lipinski definition) is 7. The van der Waals surface area contributed by atoms with Crippen LogP contribution < -0.4 is 5.73 Å². The van der Waals surface area contributed by atoms with Crippen LogP contribution in [0.5, 0.6) is 5.75 Å². The number of halogens is 1. The maximum absolute atomic E-state index is 10.2. The van der Waals surface area contributed by atoms with Crippen molar-refractivity contribution in [2.45, 2.75) is 13.8 Å². The van der Waals surface area contributed by atoms with E-state index in [1.807, 2.05) is 32.4 Å². The monoisotopic (exact) mass is 465 g/mol. The number of aromatic hydroxyl groups is 1. The average Bonchev–Trinajstić information content (AvgIpc) is 2.50. The molecule has 0 spiro atoms. The van der Waals surface area contributed by atoms with Gasteiger partial charge in [0.15, 0.2) is 5.17 Å². The van der Waals surface area contributed by atoms with Gasteiger partial charge in [-0.3, -0.25) is 0 Å². The van der Waals surface area contributed by atoms with E-state index in [-0.39, 0.29) is 29.7 Å². The number of phenols is 1. The highest BCUT2D eigenvalue weighted by molar-refractivity contribution is 14.0. The predicted octanol–water partition coefficient (Wildman–Crippen LogP) is 3.45. The van der Waals surface area contributed by atoms with Crippen molar-refractivity contribution in [2.75, 3.05) is 12.5 Å². The molecular weight excluding hydrogens is 445 g/mol. The van der Waals surface area contributed by atoms with E-state index in [0.29, 0.717) is 16.3 Å². The third-order valence-electron chi connectivity index (χ3n) is 2.57. The van der Waals surface area contributed by atoms with Crippen LogP contribution in [-0.2, 0) is 0 Å². The maximum Gasteiger partial charge on any atom is 0.180 e. The van der Waals surface area contributed by atoms with Gasteiger partial charge in [-0.25, -0.2) is 0 Å². The largest absolute Gasteiger partial charge is 0.507 e. The van der Waals surface area contributed by atoms with Crippen LogP contribution in [0.15, 0.2) is 32.5 Å². The van der Waals surface area contributed by atoms with Gasteiger partial charge in [-0.15, -0.1) is 45.9 Å². The van der Waals surface area contributed by atoms with Gasteiger partial charge in [0.1, 0.15) is 5.75 Å². The lowest BCUT2D eigenvalue weighted by Gasteiger charge is -2.04. The van der Waals surface area contributed by atoms with Gasteiger partial charge in [0.05, 0.1) is 17.5 Å². The number of benzene rings is 1. The SMILES string of the molecule is CS/C(C)=N/N=C/c1cc(C)cc(/C=N/N=C(\N)SC)c1O.I. The topological polar surface area (TPSA) is 95.7 Å². The Kier molecular flexibility index (Phi) is 10.9. The number of aryl methyl sites for hydroxylation is 1. The summed E-state index contributed by atoms with van der Waals surface area (Å²) in [5, 5.41) is 27.0. The van der Waals surface area contributed by atoms with Gasteiger partial charge in [0, 0.05) is 11.1 Å². The van der Waals surface area contributed by atoms with E-state index in [0.717, 1.165) is 10.6 Å². The molecule has 0 bridgehead atoms. The van der Waals surface area contributed by atoms with Crippen LogP contribution in [0.1, 0.15) is 23.6 Å². The zero-order valence-corrected chi connectivity index (χ0v) is 17.3. The molecule has 0 heterocycles. The van der Waals surface area contributed by atoms with Gasteiger partial charge in [0.25, 0.3) is 0 Å². The zero-order valence-electron chi connectivity index (χ0n) is 13.3. The van der Waals surface area contributed by atoms with Gasteiger partial charge in [-0.2, -0.15) is 10.2 Å². The molecule has 1 rings (SSSR count). The van der Waals surface area contributed by atoms with E-state index >= 15 is 0 Å². The van der Waals surface area contributed by atoms with Crippen molar-refractivity contribution in [1.82, 2.24) is 0 Å². The minimum Gasteiger partial charge on any atom is -0.507 e. The molecule has 0 unspecified atom stereocenters. The maximum atomic E-state index is 10.2. The van der Waals surface area contributed by atoms with Gasteiger partial charge >= 0.3 is 0 Å².